The van der Waals surface area contributed by atoms with E-state index in [1.165, 1.54) is 4.90 Å². The minimum absolute atomic E-state index is 0.203. The fourth-order valence-corrected chi connectivity index (χ4v) is 3.75. The quantitative estimate of drug-likeness (QED) is 0.699. The standard InChI is InChI=1S/C19H28N4O3/c1-26-17-8-4-7-16(13-17)23-11-9-22(10-12-23)14-18(24)21-19(25)20-15-5-2-3-6-15/h4,7-8,13,15H,2-3,5-6,9-12,14H2,1H3,(H2,20,21,24,25)/p+1. The van der Waals surface area contributed by atoms with E-state index >= 15 is 0 Å². The van der Waals surface area contributed by atoms with Gasteiger partial charge in [0.1, 0.15) is 5.75 Å². The van der Waals surface area contributed by atoms with E-state index in [0.717, 1.165) is 63.3 Å². The van der Waals surface area contributed by atoms with E-state index in [1.807, 2.05) is 18.2 Å². The van der Waals surface area contributed by atoms with Gasteiger partial charge in [0.25, 0.3) is 5.91 Å². The van der Waals surface area contributed by atoms with Crippen LogP contribution in [0, 0.1) is 0 Å². The molecule has 142 valence electrons. The van der Waals surface area contributed by atoms with Crippen molar-refractivity contribution in [1.29, 1.82) is 0 Å². The van der Waals surface area contributed by atoms with Crippen molar-refractivity contribution in [2.75, 3.05) is 44.7 Å². The number of methoxy groups -OCH3 is 1. The van der Waals surface area contributed by atoms with Gasteiger partial charge in [-0.05, 0) is 25.0 Å². The summed E-state index contributed by atoms with van der Waals surface area (Å²) in [6.45, 7) is 3.84. The molecular weight excluding hydrogens is 332 g/mol. The Kier molecular flexibility index (Phi) is 6.33. The first-order valence-electron chi connectivity index (χ1n) is 9.47. The lowest BCUT2D eigenvalue weighted by molar-refractivity contribution is -0.892. The predicted octanol–water partition coefficient (Wildman–Crippen LogP) is 0.169. The lowest BCUT2D eigenvalue weighted by Crippen LogP contribution is -3.16. The number of benzene rings is 1. The average Bonchev–Trinajstić information content (AvgIpc) is 3.15. The van der Waals surface area contributed by atoms with Crippen molar-refractivity contribution in [3.8, 4) is 5.75 Å². The van der Waals surface area contributed by atoms with Crippen molar-refractivity contribution in [1.82, 2.24) is 10.6 Å². The molecule has 1 aromatic rings. The van der Waals surface area contributed by atoms with Crippen LogP contribution in [0.2, 0.25) is 0 Å². The molecule has 26 heavy (non-hydrogen) atoms. The number of carbonyl (C=O) groups is 2. The summed E-state index contributed by atoms with van der Waals surface area (Å²) < 4.78 is 5.28. The Morgan fingerprint density at radius 2 is 1.96 bits per heavy atom. The fourth-order valence-electron chi connectivity index (χ4n) is 3.75. The molecule has 3 rings (SSSR count). The molecule has 1 aromatic carbocycles. The highest BCUT2D eigenvalue weighted by atomic mass is 16.5. The Morgan fingerprint density at radius 1 is 1.23 bits per heavy atom. The van der Waals surface area contributed by atoms with E-state index in [-0.39, 0.29) is 18.0 Å². The third-order valence-electron chi connectivity index (χ3n) is 5.24. The zero-order chi connectivity index (χ0) is 18.4. The van der Waals surface area contributed by atoms with Gasteiger partial charge in [0, 0.05) is 17.8 Å². The minimum atomic E-state index is -0.351. The normalized spacial score (nSPS) is 18.6. The van der Waals surface area contributed by atoms with Crippen LogP contribution in [-0.4, -0.2) is 57.8 Å². The van der Waals surface area contributed by atoms with Crippen molar-refractivity contribution >= 4 is 17.6 Å². The van der Waals surface area contributed by atoms with Crippen LogP contribution in [0.15, 0.2) is 24.3 Å². The second-order valence-corrected chi connectivity index (χ2v) is 7.12. The van der Waals surface area contributed by atoms with Crippen molar-refractivity contribution < 1.29 is 19.2 Å². The van der Waals surface area contributed by atoms with E-state index in [2.05, 4.69) is 21.6 Å². The molecule has 7 nitrogen and oxygen atoms in total. The van der Waals surface area contributed by atoms with Crippen LogP contribution in [0.1, 0.15) is 25.7 Å². The number of imide groups is 1. The Hall–Kier alpha value is -2.28. The third kappa shape index (κ3) is 5.11. The molecule has 1 saturated heterocycles. The first-order chi connectivity index (χ1) is 12.6. The third-order valence-corrected chi connectivity index (χ3v) is 5.24. The van der Waals surface area contributed by atoms with Gasteiger partial charge in [0.05, 0.1) is 33.3 Å². The van der Waals surface area contributed by atoms with E-state index in [0.29, 0.717) is 6.54 Å². The summed E-state index contributed by atoms with van der Waals surface area (Å²) in [7, 11) is 1.67. The first kappa shape index (κ1) is 18.5. The van der Waals surface area contributed by atoms with Crippen molar-refractivity contribution in [2.45, 2.75) is 31.7 Å². The summed E-state index contributed by atoms with van der Waals surface area (Å²) in [6.07, 6.45) is 4.33. The maximum absolute atomic E-state index is 12.1. The van der Waals surface area contributed by atoms with Crippen molar-refractivity contribution in [3.05, 3.63) is 24.3 Å². The molecule has 0 radical (unpaired) electrons. The molecular formula is C19H29N4O3+. The molecule has 3 N–H and O–H groups in total. The number of hydrogen-bond acceptors (Lipinski definition) is 4. The zero-order valence-electron chi connectivity index (χ0n) is 15.4. The van der Waals surface area contributed by atoms with Crippen LogP contribution in [0.4, 0.5) is 10.5 Å². The fraction of sp³-hybridized carbons (Fsp3) is 0.579. The highest BCUT2D eigenvalue weighted by molar-refractivity contribution is 5.94. The van der Waals surface area contributed by atoms with Gasteiger partial charge in [0.2, 0.25) is 0 Å². The molecule has 3 amide bonds. The molecule has 0 atom stereocenters. The van der Waals surface area contributed by atoms with Gasteiger partial charge in [-0.1, -0.05) is 18.9 Å². The Morgan fingerprint density at radius 3 is 2.65 bits per heavy atom. The molecule has 0 aromatic heterocycles. The number of amides is 3. The van der Waals surface area contributed by atoms with Crippen molar-refractivity contribution in [3.63, 3.8) is 0 Å². The second-order valence-electron chi connectivity index (χ2n) is 7.12. The van der Waals surface area contributed by atoms with Crippen molar-refractivity contribution in [2.24, 2.45) is 0 Å². The second kappa shape index (κ2) is 8.89. The number of rotatable bonds is 5. The molecule has 0 bridgehead atoms. The molecule has 2 fully saturated rings. The molecule has 2 aliphatic rings. The molecule has 1 saturated carbocycles. The van der Waals surface area contributed by atoms with Crippen LogP contribution in [0.5, 0.6) is 5.75 Å². The molecule has 7 heteroatoms. The van der Waals surface area contributed by atoms with Crippen LogP contribution >= 0.6 is 0 Å². The lowest BCUT2D eigenvalue weighted by atomic mass is 10.2. The molecule has 0 unspecified atom stereocenters. The van der Waals surface area contributed by atoms with Crippen LogP contribution in [0.3, 0.4) is 0 Å². The van der Waals surface area contributed by atoms with E-state index in [4.69, 9.17) is 4.74 Å². The summed E-state index contributed by atoms with van der Waals surface area (Å²) in [6, 6.07) is 7.91. The van der Waals surface area contributed by atoms with Gasteiger partial charge in [-0.2, -0.15) is 0 Å². The topological polar surface area (TPSA) is 75.1 Å². The summed E-state index contributed by atoms with van der Waals surface area (Å²) in [5.41, 5.74) is 1.14. The smallest absolute Gasteiger partial charge is 0.321 e. The molecule has 1 aliphatic heterocycles. The summed E-state index contributed by atoms with van der Waals surface area (Å²) >= 11 is 0. The number of nitrogens with zero attached hydrogens (tertiary/aromatic N) is 1. The number of hydrogen-bond donors (Lipinski definition) is 3. The van der Waals surface area contributed by atoms with E-state index < -0.39 is 0 Å². The minimum Gasteiger partial charge on any atom is -0.497 e. The number of nitrogens with one attached hydrogen (secondary N) is 3. The largest absolute Gasteiger partial charge is 0.497 e. The maximum atomic E-state index is 12.1. The predicted molar refractivity (Wildman–Crippen MR) is 99.7 cm³/mol. The number of anilines is 1. The Balaban J connectivity index is 1.40. The average molecular weight is 361 g/mol. The van der Waals surface area contributed by atoms with Gasteiger partial charge in [-0.25, -0.2) is 4.79 Å². The van der Waals surface area contributed by atoms with Gasteiger partial charge in [0.15, 0.2) is 6.54 Å². The van der Waals surface area contributed by atoms with Crippen LogP contribution in [-0.2, 0) is 4.79 Å². The lowest BCUT2D eigenvalue weighted by Gasteiger charge is -2.33. The number of ether oxygens (including phenoxy) is 1. The van der Waals surface area contributed by atoms with Gasteiger partial charge < -0.3 is 19.9 Å². The summed E-state index contributed by atoms with van der Waals surface area (Å²) in [5, 5.41) is 5.36. The summed E-state index contributed by atoms with van der Waals surface area (Å²) in [5.74, 6) is 0.648. The first-order valence-corrected chi connectivity index (χ1v) is 9.47. The number of quaternary nitrogens is 1. The summed E-state index contributed by atoms with van der Waals surface area (Å²) in [4.78, 5) is 27.5. The number of urea groups is 1. The van der Waals surface area contributed by atoms with Gasteiger partial charge in [-0.3, -0.25) is 10.1 Å². The molecule has 1 aliphatic carbocycles. The highest BCUT2D eigenvalue weighted by Gasteiger charge is 2.24. The maximum Gasteiger partial charge on any atom is 0.321 e. The number of carbonyl (C=O) groups excluding carboxylic acids is 2. The van der Waals surface area contributed by atoms with Crippen LogP contribution < -0.4 is 25.2 Å². The zero-order valence-corrected chi connectivity index (χ0v) is 15.4. The molecule has 1 heterocycles. The Bertz CT molecular complexity index is 623. The number of piperazine rings is 1. The van der Waals surface area contributed by atoms with Gasteiger partial charge in [-0.15, -0.1) is 0 Å². The monoisotopic (exact) mass is 361 g/mol. The molecule has 0 spiro atoms. The van der Waals surface area contributed by atoms with E-state index in [1.54, 1.807) is 7.11 Å². The van der Waals surface area contributed by atoms with E-state index in [9.17, 15) is 9.59 Å². The van der Waals surface area contributed by atoms with Gasteiger partial charge >= 0.3 is 6.03 Å². The Labute approximate surface area is 154 Å². The van der Waals surface area contributed by atoms with Crippen LogP contribution in [0.25, 0.3) is 0 Å². The SMILES string of the molecule is COc1cccc(N2CC[NH+](CC(=O)NC(=O)NC3CCCC3)CC2)c1. The highest BCUT2D eigenvalue weighted by Crippen LogP contribution is 2.20.